The number of amides is 1. The summed E-state index contributed by atoms with van der Waals surface area (Å²) in [5.74, 6) is 0.250. The Balaban J connectivity index is 1.86. The van der Waals surface area contributed by atoms with E-state index in [-0.39, 0.29) is 23.3 Å². The maximum atomic E-state index is 13.4. The van der Waals surface area contributed by atoms with Crippen molar-refractivity contribution < 1.29 is 18.7 Å². The molecule has 0 spiro atoms. The van der Waals surface area contributed by atoms with E-state index in [1.54, 1.807) is 22.8 Å². The zero-order chi connectivity index (χ0) is 18.7. The van der Waals surface area contributed by atoms with E-state index < -0.39 is 5.82 Å². The smallest absolute Gasteiger partial charge is 0.244 e. The Morgan fingerprint density at radius 2 is 1.92 bits per heavy atom. The van der Waals surface area contributed by atoms with Gasteiger partial charge in [0.2, 0.25) is 5.91 Å². The molecule has 1 amide bonds. The molecule has 1 N–H and O–H groups in total. The van der Waals surface area contributed by atoms with Crippen LogP contribution in [0.2, 0.25) is 0 Å². The van der Waals surface area contributed by atoms with Gasteiger partial charge in [-0.15, -0.1) is 0 Å². The van der Waals surface area contributed by atoms with E-state index in [9.17, 15) is 14.0 Å². The van der Waals surface area contributed by atoms with Crippen LogP contribution in [0.4, 0.5) is 10.1 Å². The lowest BCUT2D eigenvalue weighted by Gasteiger charge is -2.14. The van der Waals surface area contributed by atoms with Crippen LogP contribution in [-0.4, -0.2) is 24.7 Å². The number of halogens is 1. The molecule has 1 heterocycles. The predicted octanol–water partition coefficient (Wildman–Crippen LogP) is 2.80. The normalized spacial score (nSPS) is 10.6. The second kappa shape index (κ2) is 7.26. The molecule has 0 saturated carbocycles. The van der Waals surface area contributed by atoms with Gasteiger partial charge in [0.1, 0.15) is 23.9 Å². The Labute approximate surface area is 148 Å². The Kier molecular flexibility index (Phi) is 4.88. The molecule has 0 atom stereocenters. The van der Waals surface area contributed by atoms with Crippen molar-refractivity contribution in [2.24, 2.45) is 0 Å². The number of hydrogen-bond donors (Lipinski definition) is 1. The second-order valence-corrected chi connectivity index (χ2v) is 5.58. The third-order valence-corrected chi connectivity index (χ3v) is 3.94. The van der Waals surface area contributed by atoms with Crippen molar-refractivity contribution in [3.63, 3.8) is 0 Å². The van der Waals surface area contributed by atoms with Gasteiger partial charge in [0.05, 0.1) is 25.4 Å². The van der Waals surface area contributed by atoms with Crippen molar-refractivity contribution in [2.45, 2.75) is 6.54 Å². The van der Waals surface area contributed by atoms with Crippen LogP contribution in [0.5, 0.6) is 11.5 Å². The van der Waals surface area contributed by atoms with Gasteiger partial charge in [-0.2, -0.15) is 0 Å². The number of hydrogen-bond acceptors (Lipinski definition) is 4. The number of carbonyl (C=O) groups is 1. The Morgan fingerprint density at radius 3 is 2.65 bits per heavy atom. The van der Waals surface area contributed by atoms with Gasteiger partial charge in [-0.1, -0.05) is 0 Å². The molecule has 7 heteroatoms. The summed E-state index contributed by atoms with van der Waals surface area (Å²) in [6.45, 7) is -0.0441. The standard InChI is InChI=1S/C19H17FN2O4/c1-25-13-4-5-15(18(10-13)26-2)21-19(24)11-22-8-7-17(23)14-9-12(20)3-6-16(14)22/h3-10H,11H2,1-2H3,(H,21,24). The second-order valence-electron chi connectivity index (χ2n) is 5.58. The number of methoxy groups -OCH3 is 2. The van der Waals surface area contributed by atoms with Crippen LogP contribution in [0.1, 0.15) is 0 Å². The summed E-state index contributed by atoms with van der Waals surface area (Å²) in [7, 11) is 3.03. The number of pyridine rings is 1. The highest BCUT2D eigenvalue weighted by molar-refractivity contribution is 5.93. The molecule has 0 radical (unpaired) electrons. The summed E-state index contributed by atoms with van der Waals surface area (Å²) in [5, 5.41) is 2.98. The largest absolute Gasteiger partial charge is 0.497 e. The average molecular weight is 356 g/mol. The van der Waals surface area contributed by atoms with E-state index in [0.717, 1.165) is 0 Å². The highest BCUT2D eigenvalue weighted by atomic mass is 19.1. The number of aromatic nitrogens is 1. The topological polar surface area (TPSA) is 69.6 Å². The highest BCUT2D eigenvalue weighted by Crippen LogP contribution is 2.29. The van der Waals surface area contributed by atoms with Gasteiger partial charge in [0, 0.05) is 23.7 Å². The third kappa shape index (κ3) is 3.51. The SMILES string of the molecule is COc1ccc(NC(=O)Cn2ccc(=O)c3cc(F)ccc32)c(OC)c1. The van der Waals surface area contributed by atoms with Gasteiger partial charge in [0.15, 0.2) is 5.43 Å². The lowest BCUT2D eigenvalue weighted by molar-refractivity contribution is -0.116. The van der Waals surface area contributed by atoms with E-state index in [2.05, 4.69) is 5.32 Å². The van der Waals surface area contributed by atoms with Gasteiger partial charge >= 0.3 is 0 Å². The molecular formula is C19H17FN2O4. The molecule has 3 aromatic rings. The number of rotatable bonds is 5. The van der Waals surface area contributed by atoms with E-state index >= 15 is 0 Å². The molecule has 26 heavy (non-hydrogen) atoms. The van der Waals surface area contributed by atoms with Gasteiger partial charge in [0.25, 0.3) is 0 Å². The molecular weight excluding hydrogens is 339 g/mol. The van der Waals surface area contributed by atoms with Crippen LogP contribution in [0.15, 0.2) is 53.5 Å². The Hall–Kier alpha value is -3.35. The third-order valence-electron chi connectivity index (χ3n) is 3.94. The first-order valence-corrected chi connectivity index (χ1v) is 7.82. The molecule has 0 bridgehead atoms. The zero-order valence-corrected chi connectivity index (χ0v) is 14.3. The summed E-state index contributed by atoms with van der Waals surface area (Å²) in [4.78, 5) is 24.3. The van der Waals surface area contributed by atoms with Crippen molar-refractivity contribution in [2.75, 3.05) is 19.5 Å². The maximum absolute atomic E-state index is 13.4. The average Bonchev–Trinajstić information content (AvgIpc) is 2.64. The van der Waals surface area contributed by atoms with Crippen molar-refractivity contribution in [1.29, 1.82) is 0 Å². The van der Waals surface area contributed by atoms with Gasteiger partial charge in [-0.3, -0.25) is 9.59 Å². The monoisotopic (exact) mass is 356 g/mol. The van der Waals surface area contributed by atoms with Crippen molar-refractivity contribution in [3.8, 4) is 11.5 Å². The van der Waals surface area contributed by atoms with Crippen LogP contribution in [0.3, 0.4) is 0 Å². The number of nitrogens with one attached hydrogen (secondary N) is 1. The highest BCUT2D eigenvalue weighted by Gasteiger charge is 2.11. The number of benzene rings is 2. The molecule has 6 nitrogen and oxygen atoms in total. The Morgan fingerprint density at radius 1 is 1.12 bits per heavy atom. The van der Waals surface area contributed by atoms with Crippen LogP contribution >= 0.6 is 0 Å². The Bertz CT molecular complexity index is 1030. The number of anilines is 1. The summed E-state index contributed by atoms with van der Waals surface area (Å²) < 4.78 is 25.4. The molecule has 0 aliphatic rings. The fraction of sp³-hybridized carbons (Fsp3) is 0.158. The van der Waals surface area contributed by atoms with Crippen molar-refractivity contribution >= 4 is 22.5 Å². The quantitative estimate of drug-likeness (QED) is 0.763. The first-order chi connectivity index (χ1) is 12.5. The summed E-state index contributed by atoms with van der Waals surface area (Å²) >= 11 is 0. The zero-order valence-electron chi connectivity index (χ0n) is 14.3. The molecule has 0 aliphatic heterocycles. The molecule has 3 rings (SSSR count). The molecule has 2 aromatic carbocycles. The van der Waals surface area contributed by atoms with Crippen LogP contribution < -0.4 is 20.2 Å². The minimum absolute atomic E-state index is 0.0441. The van der Waals surface area contributed by atoms with Gasteiger partial charge in [-0.25, -0.2) is 4.39 Å². The van der Waals surface area contributed by atoms with Gasteiger partial charge in [-0.05, 0) is 30.3 Å². The van der Waals surface area contributed by atoms with E-state index in [1.807, 2.05) is 0 Å². The van der Waals surface area contributed by atoms with E-state index in [1.165, 1.54) is 44.7 Å². The van der Waals surface area contributed by atoms with Crippen LogP contribution in [0.25, 0.3) is 10.9 Å². The summed E-state index contributed by atoms with van der Waals surface area (Å²) in [5.41, 5.74) is 0.679. The lowest BCUT2D eigenvalue weighted by atomic mass is 10.2. The van der Waals surface area contributed by atoms with Crippen LogP contribution in [-0.2, 0) is 11.3 Å². The molecule has 0 fully saturated rings. The fourth-order valence-corrected chi connectivity index (χ4v) is 2.67. The predicted molar refractivity (Wildman–Crippen MR) is 96.3 cm³/mol. The minimum atomic E-state index is -0.500. The molecule has 134 valence electrons. The van der Waals surface area contributed by atoms with Crippen LogP contribution in [0, 0.1) is 5.82 Å². The molecule has 0 saturated heterocycles. The summed E-state index contributed by atoms with van der Waals surface area (Å²) in [6.07, 6.45) is 1.51. The van der Waals surface area contributed by atoms with Crippen molar-refractivity contribution in [1.82, 2.24) is 4.57 Å². The van der Waals surface area contributed by atoms with E-state index in [4.69, 9.17) is 9.47 Å². The molecule has 0 unspecified atom stereocenters. The summed E-state index contributed by atoms with van der Waals surface area (Å²) in [6, 6.07) is 10.2. The maximum Gasteiger partial charge on any atom is 0.244 e. The lowest BCUT2D eigenvalue weighted by Crippen LogP contribution is -2.20. The fourth-order valence-electron chi connectivity index (χ4n) is 2.67. The first kappa shape index (κ1) is 17.5. The number of fused-ring (bicyclic) bond motifs is 1. The van der Waals surface area contributed by atoms with Gasteiger partial charge < -0.3 is 19.4 Å². The van der Waals surface area contributed by atoms with E-state index in [0.29, 0.717) is 22.7 Å². The molecule has 1 aromatic heterocycles. The first-order valence-electron chi connectivity index (χ1n) is 7.82. The molecule has 0 aliphatic carbocycles. The minimum Gasteiger partial charge on any atom is -0.497 e. The number of nitrogens with zero attached hydrogens (tertiary/aromatic N) is 1. The van der Waals surface area contributed by atoms with Crippen molar-refractivity contribution in [3.05, 3.63) is 64.7 Å². The number of ether oxygens (including phenoxy) is 2. The number of carbonyl (C=O) groups excluding carboxylic acids is 1.